The van der Waals surface area contributed by atoms with Crippen LogP contribution in [0.4, 0.5) is 0 Å². The maximum Gasteiger partial charge on any atom is 0.338 e. The van der Waals surface area contributed by atoms with Crippen molar-refractivity contribution in [1.82, 2.24) is 5.32 Å². The van der Waals surface area contributed by atoms with Crippen LogP contribution in [-0.2, 0) is 20.8 Å². The van der Waals surface area contributed by atoms with E-state index in [2.05, 4.69) is 11.4 Å². The molecular formula is C21H29NO4. The van der Waals surface area contributed by atoms with Crippen LogP contribution in [0, 0.1) is 0 Å². The van der Waals surface area contributed by atoms with Gasteiger partial charge in [-0.2, -0.15) is 0 Å². The van der Waals surface area contributed by atoms with Crippen molar-refractivity contribution in [3.8, 4) is 0 Å². The molecule has 1 aromatic carbocycles. The largest absolute Gasteiger partial charge is 0.456 e. The first-order valence-electron chi connectivity index (χ1n) is 9.30. The quantitative estimate of drug-likeness (QED) is 0.831. The minimum Gasteiger partial charge on any atom is -0.456 e. The normalized spacial score (nSPS) is 19.5. The molecule has 1 heterocycles. The van der Waals surface area contributed by atoms with E-state index in [1.807, 2.05) is 46.0 Å². The van der Waals surface area contributed by atoms with Crippen LogP contribution >= 0.6 is 0 Å². The number of hydrogen-bond donors (Lipinski definition) is 1. The highest BCUT2D eigenvalue weighted by Crippen LogP contribution is 2.39. The Hall–Kier alpha value is -1.69. The zero-order valence-corrected chi connectivity index (χ0v) is 16.2. The van der Waals surface area contributed by atoms with E-state index in [9.17, 15) is 4.79 Å². The number of carbonyl (C=O) groups excluding carboxylic acids is 1. The number of carbonyl (C=O) groups is 1. The number of benzene rings is 1. The number of esters is 1. The summed E-state index contributed by atoms with van der Waals surface area (Å²) in [5.41, 5.74) is 3.66. The van der Waals surface area contributed by atoms with Gasteiger partial charge in [-0.1, -0.05) is 12.1 Å². The molecule has 1 saturated heterocycles. The molecule has 1 N–H and O–H groups in total. The van der Waals surface area contributed by atoms with Crippen molar-refractivity contribution in [2.75, 3.05) is 20.3 Å². The number of nitrogens with one attached hydrogen (secondary N) is 1. The standard InChI is InChI=1S/C21H29NO4/c1-20(2,3)26-19(23)16-5-6-18(17(13-16)14-22-4)15-7-9-21(10-8-15)24-11-12-25-21/h5-7,13,22H,8-12,14H2,1-4H3. The summed E-state index contributed by atoms with van der Waals surface area (Å²) in [5.74, 6) is -0.700. The summed E-state index contributed by atoms with van der Waals surface area (Å²) >= 11 is 0. The second-order valence-electron chi connectivity index (χ2n) is 7.95. The second-order valence-corrected chi connectivity index (χ2v) is 7.95. The van der Waals surface area contributed by atoms with Crippen molar-refractivity contribution >= 4 is 11.5 Å². The molecule has 1 aromatic rings. The molecular weight excluding hydrogens is 330 g/mol. The topological polar surface area (TPSA) is 56.8 Å². The van der Waals surface area contributed by atoms with Crippen LogP contribution in [0.1, 0.15) is 61.5 Å². The van der Waals surface area contributed by atoms with E-state index in [-0.39, 0.29) is 5.97 Å². The van der Waals surface area contributed by atoms with Gasteiger partial charge in [0.05, 0.1) is 18.8 Å². The Morgan fingerprint density at radius 3 is 2.58 bits per heavy atom. The van der Waals surface area contributed by atoms with Gasteiger partial charge in [-0.15, -0.1) is 0 Å². The molecule has 1 fully saturated rings. The molecule has 0 bridgehead atoms. The predicted molar refractivity (Wildman–Crippen MR) is 101 cm³/mol. The third-order valence-corrected chi connectivity index (χ3v) is 4.70. The highest BCUT2D eigenvalue weighted by molar-refractivity contribution is 5.90. The first-order chi connectivity index (χ1) is 12.3. The predicted octanol–water partition coefficient (Wildman–Crippen LogP) is 3.67. The fourth-order valence-electron chi connectivity index (χ4n) is 3.52. The molecule has 1 aliphatic heterocycles. The lowest BCUT2D eigenvalue weighted by Gasteiger charge is -2.31. The Kier molecular flexibility index (Phi) is 5.51. The van der Waals surface area contributed by atoms with E-state index in [0.29, 0.717) is 25.3 Å². The molecule has 0 aromatic heterocycles. The van der Waals surface area contributed by atoms with Crippen molar-refractivity contribution in [3.05, 3.63) is 41.0 Å². The summed E-state index contributed by atoms with van der Waals surface area (Å²) in [6.07, 6.45) is 4.76. The number of ether oxygens (including phenoxy) is 3. The molecule has 0 atom stereocenters. The van der Waals surface area contributed by atoms with Crippen molar-refractivity contribution in [1.29, 1.82) is 0 Å². The summed E-state index contributed by atoms with van der Waals surface area (Å²) in [5, 5.41) is 3.20. The van der Waals surface area contributed by atoms with Crippen molar-refractivity contribution in [2.45, 2.75) is 58.0 Å². The Labute approximate surface area is 155 Å². The minimum atomic E-state index is -0.500. The summed E-state index contributed by atoms with van der Waals surface area (Å²) in [7, 11) is 1.91. The Morgan fingerprint density at radius 1 is 1.27 bits per heavy atom. The average molecular weight is 359 g/mol. The molecule has 3 rings (SSSR count). The lowest BCUT2D eigenvalue weighted by Crippen LogP contribution is -2.31. The monoisotopic (exact) mass is 359 g/mol. The summed E-state index contributed by atoms with van der Waals surface area (Å²) in [6, 6.07) is 5.83. The van der Waals surface area contributed by atoms with Gasteiger partial charge >= 0.3 is 5.97 Å². The summed E-state index contributed by atoms with van der Waals surface area (Å²) in [4.78, 5) is 12.4. The van der Waals surface area contributed by atoms with E-state index < -0.39 is 11.4 Å². The van der Waals surface area contributed by atoms with Crippen LogP contribution in [-0.4, -0.2) is 37.6 Å². The van der Waals surface area contributed by atoms with E-state index in [4.69, 9.17) is 14.2 Å². The van der Waals surface area contributed by atoms with Gasteiger partial charge in [0.25, 0.3) is 0 Å². The molecule has 1 spiro atoms. The van der Waals surface area contributed by atoms with E-state index >= 15 is 0 Å². The molecule has 0 radical (unpaired) electrons. The molecule has 2 aliphatic rings. The van der Waals surface area contributed by atoms with Gasteiger partial charge in [-0.25, -0.2) is 4.79 Å². The smallest absolute Gasteiger partial charge is 0.338 e. The zero-order valence-electron chi connectivity index (χ0n) is 16.2. The molecule has 0 amide bonds. The summed E-state index contributed by atoms with van der Waals surface area (Å²) < 4.78 is 17.1. The van der Waals surface area contributed by atoms with Gasteiger partial charge in [0.1, 0.15) is 5.60 Å². The van der Waals surface area contributed by atoms with Crippen LogP contribution in [0.2, 0.25) is 0 Å². The average Bonchev–Trinajstić information content (AvgIpc) is 3.03. The second kappa shape index (κ2) is 7.51. The Morgan fingerprint density at radius 2 is 2.00 bits per heavy atom. The first kappa shape index (κ1) is 19.1. The van der Waals surface area contributed by atoms with Gasteiger partial charge in [0, 0.05) is 19.4 Å². The van der Waals surface area contributed by atoms with Crippen LogP contribution in [0.25, 0.3) is 5.57 Å². The first-order valence-corrected chi connectivity index (χ1v) is 9.30. The third-order valence-electron chi connectivity index (χ3n) is 4.70. The number of rotatable bonds is 4. The Balaban J connectivity index is 1.83. The van der Waals surface area contributed by atoms with Crippen LogP contribution in [0.15, 0.2) is 24.3 Å². The molecule has 5 heteroatoms. The maximum absolute atomic E-state index is 12.4. The van der Waals surface area contributed by atoms with Crippen molar-refractivity contribution in [2.24, 2.45) is 0 Å². The molecule has 0 saturated carbocycles. The van der Waals surface area contributed by atoms with Gasteiger partial charge < -0.3 is 19.5 Å². The van der Waals surface area contributed by atoms with E-state index in [0.717, 1.165) is 24.8 Å². The number of hydrogen-bond acceptors (Lipinski definition) is 5. The van der Waals surface area contributed by atoms with Crippen molar-refractivity contribution in [3.63, 3.8) is 0 Å². The highest BCUT2D eigenvalue weighted by atomic mass is 16.7. The highest BCUT2D eigenvalue weighted by Gasteiger charge is 2.37. The van der Waals surface area contributed by atoms with Crippen molar-refractivity contribution < 1.29 is 19.0 Å². The fourth-order valence-corrected chi connectivity index (χ4v) is 3.52. The fraction of sp³-hybridized carbons (Fsp3) is 0.571. The third kappa shape index (κ3) is 4.34. The van der Waals surface area contributed by atoms with Crippen LogP contribution < -0.4 is 5.32 Å². The van der Waals surface area contributed by atoms with Gasteiger partial charge in [-0.3, -0.25) is 0 Å². The lowest BCUT2D eigenvalue weighted by atomic mass is 9.87. The van der Waals surface area contributed by atoms with E-state index in [1.165, 1.54) is 11.1 Å². The molecule has 142 valence electrons. The van der Waals surface area contributed by atoms with Crippen LogP contribution in [0.3, 0.4) is 0 Å². The molecule has 1 aliphatic carbocycles. The van der Waals surface area contributed by atoms with Crippen LogP contribution in [0.5, 0.6) is 0 Å². The Bertz CT molecular complexity index is 696. The van der Waals surface area contributed by atoms with Gasteiger partial charge in [-0.05, 0) is 63.1 Å². The van der Waals surface area contributed by atoms with Gasteiger partial charge in [0.15, 0.2) is 5.79 Å². The number of allylic oxidation sites excluding steroid dienone is 1. The zero-order chi connectivity index (χ0) is 18.8. The maximum atomic E-state index is 12.4. The molecule has 0 unspecified atom stereocenters. The SMILES string of the molecule is CNCc1cc(C(=O)OC(C)(C)C)ccc1C1=CCC2(CC1)OCCO2. The van der Waals surface area contributed by atoms with Gasteiger partial charge in [0.2, 0.25) is 0 Å². The minimum absolute atomic E-state index is 0.286. The lowest BCUT2D eigenvalue weighted by molar-refractivity contribution is -0.159. The van der Waals surface area contributed by atoms with E-state index in [1.54, 1.807) is 0 Å². The molecule has 5 nitrogen and oxygen atoms in total. The summed E-state index contributed by atoms with van der Waals surface area (Å²) in [6.45, 7) is 7.69. The molecule has 26 heavy (non-hydrogen) atoms.